The van der Waals surface area contributed by atoms with Crippen LogP contribution in [0.4, 0.5) is 0 Å². The van der Waals surface area contributed by atoms with Crippen LogP contribution < -0.4 is 5.32 Å². The summed E-state index contributed by atoms with van der Waals surface area (Å²) in [5.41, 5.74) is 3.05. The zero-order valence-electron chi connectivity index (χ0n) is 19.3. The number of likely N-dealkylation sites (tertiary alicyclic amines) is 1. The van der Waals surface area contributed by atoms with Crippen molar-refractivity contribution in [1.82, 2.24) is 15.1 Å². The summed E-state index contributed by atoms with van der Waals surface area (Å²) in [4.78, 5) is 5.27. The molecule has 1 atom stereocenters. The SMILES string of the molecule is COCCC(C1CCNCC1)N(C)CC1CC(c2ccc(CN3CCCC3)cc2)C1. The van der Waals surface area contributed by atoms with Gasteiger partial charge in [0.2, 0.25) is 0 Å². The minimum absolute atomic E-state index is 0.677. The molecule has 30 heavy (non-hydrogen) atoms. The molecule has 2 heterocycles. The molecule has 168 valence electrons. The Kier molecular flexibility index (Phi) is 8.22. The summed E-state index contributed by atoms with van der Waals surface area (Å²) in [6, 6.07) is 10.3. The standard InChI is InChI=1S/C26H43N3O/c1-28(26(11-16-30-2)24-9-12-27-13-10-24)19-22-17-25(18-22)23-7-5-21(6-8-23)20-29-14-3-4-15-29/h5-8,22,24-27H,3-4,9-20H2,1-2H3. The number of ether oxygens (including phenoxy) is 1. The normalized spacial score (nSPS) is 26.8. The molecule has 0 amide bonds. The van der Waals surface area contributed by atoms with Crippen LogP contribution in [0.3, 0.4) is 0 Å². The van der Waals surface area contributed by atoms with Crippen LogP contribution in [0.1, 0.15) is 62.0 Å². The van der Waals surface area contributed by atoms with Crippen molar-refractivity contribution in [3.63, 3.8) is 0 Å². The Morgan fingerprint density at radius 2 is 1.80 bits per heavy atom. The molecule has 0 bridgehead atoms. The van der Waals surface area contributed by atoms with Crippen molar-refractivity contribution >= 4 is 0 Å². The van der Waals surface area contributed by atoms with Gasteiger partial charge >= 0.3 is 0 Å². The van der Waals surface area contributed by atoms with E-state index in [2.05, 4.69) is 46.4 Å². The van der Waals surface area contributed by atoms with Gasteiger partial charge in [-0.3, -0.25) is 4.90 Å². The average molecular weight is 414 g/mol. The molecule has 1 unspecified atom stereocenters. The van der Waals surface area contributed by atoms with Gasteiger partial charge in [-0.25, -0.2) is 0 Å². The van der Waals surface area contributed by atoms with E-state index in [4.69, 9.17) is 4.74 Å². The second-order valence-electron chi connectivity index (χ2n) is 10.1. The summed E-state index contributed by atoms with van der Waals surface area (Å²) >= 11 is 0. The maximum absolute atomic E-state index is 5.44. The van der Waals surface area contributed by atoms with Crippen LogP contribution in [0.5, 0.6) is 0 Å². The van der Waals surface area contributed by atoms with Gasteiger partial charge in [0, 0.05) is 32.8 Å². The largest absolute Gasteiger partial charge is 0.385 e. The third-order valence-electron chi connectivity index (χ3n) is 7.95. The number of hydrogen-bond acceptors (Lipinski definition) is 4. The zero-order valence-corrected chi connectivity index (χ0v) is 19.3. The third-order valence-corrected chi connectivity index (χ3v) is 7.95. The van der Waals surface area contributed by atoms with Gasteiger partial charge in [-0.15, -0.1) is 0 Å². The van der Waals surface area contributed by atoms with Gasteiger partial charge in [0.1, 0.15) is 0 Å². The van der Waals surface area contributed by atoms with Crippen molar-refractivity contribution in [2.45, 2.75) is 63.5 Å². The first-order valence-corrected chi connectivity index (χ1v) is 12.4. The quantitative estimate of drug-likeness (QED) is 0.625. The van der Waals surface area contributed by atoms with E-state index < -0.39 is 0 Å². The van der Waals surface area contributed by atoms with E-state index in [1.807, 2.05) is 7.11 Å². The molecule has 2 aliphatic heterocycles. The van der Waals surface area contributed by atoms with Crippen LogP contribution >= 0.6 is 0 Å². The predicted octanol–water partition coefficient (Wildman–Crippen LogP) is 4.11. The molecule has 4 heteroatoms. The van der Waals surface area contributed by atoms with E-state index >= 15 is 0 Å². The smallest absolute Gasteiger partial charge is 0.0477 e. The lowest BCUT2D eigenvalue weighted by Crippen LogP contribution is -2.46. The van der Waals surface area contributed by atoms with E-state index in [0.717, 1.165) is 30.9 Å². The number of methoxy groups -OCH3 is 1. The molecule has 1 aliphatic carbocycles. The minimum atomic E-state index is 0.677. The van der Waals surface area contributed by atoms with Gasteiger partial charge in [0.25, 0.3) is 0 Å². The molecular weight excluding hydrogens is 370 g/mol. The van der Waals surface area contributed by atoms with Crippen LogP contribution in [-0.2, 0) is 11.3 Å². The molecule has 4 rings (SSSR count). The Morgan fingerprint density at radius 1 is 1.10 bits per heavy atom. The first-order valence-electron chi connectivity index (χ1n) is 12.4. The fourth-order valence-electron chi connectivity index (χ4n) is 6.08. The summed E-state index contributed by atoms with van der Waals surface area (Å²) in [6.07, 6.45) is 9.27. The number of nitrogens with zero attached hydrogens (tertiary/aromatic N) is 2. The zero-order chi connectivity index (χ0) is 20.8. The molecule has 1 aromatic rings. The Hall–Kier alpha value is -0.940. The first kappa shape index (κ1) is 22.3. The molecule has 2 saturated heterocycles. The predicted molar refractivity (Wildman–Crippen MR) is 125 cm³/mol. The molecule has 1 saturated carbocycles. The second kappa shape index (κ2) is 11.1. The van der Waals surface area contributed by atoms with Gasteiger partial charge < -0.3 is 15.0 Å². The summed E-state index contributed by atoms with van der Waals surface area (Å²) in [7, 11) is 4.20. The first-order chi connectivity index (χ1) is 14.7. The Labute approximate surface area is 184 Å². The number of benzene rings is 1. The molecule has 0 aromatic heterocycles. The number of rotatable bonds is 10. The van der Waals surface area contributed by atoms with Crippen molar-refractivity contribution in [2.24, 2.45) is 11.8 Å². The van der Waals surface area contributed by atoms with E-state index in [1.54, 1.807) is 5.56 Å². The van der Waals surface area contributed by atoms with Gasteiger partial charge in [0.15, 0.2) is 0 Å². The van der Waals surface area contributed by atoms with Gasteiger partial charge in [-0.05, 0) is 107 Å². The van der Waals surface area contributed by atoms with Gasteiger partial charge in [0.05, 0.1) is 0 Å². The van der Waals surface area contributed by atoms with E-state index in [9.17, 15) is 0 Å². The lowest BCUT2D eigenvalue weighted by atomic mass is 9.71. The van der Waals surface area contributed by atoms with E-state index in [0.29, 0.717) is 6.04 Å². The molecule has 3 aliphatic rings. The topological polar surface area (TPSA) is 27.7 Å². The molecular formula is C26H43N3O. The summed E-state index contributed by atoms with van der Waals surface area (Å²) in [6.45, 7) is 8.20. The van der Waals surface area contributed by atoms with Crippen molar-refractivity contribution in [2.75, 3.05) is 53.5 Å². The summed E-state index contributed by atoms with van der Waals surface area (Å²) < 4.78 is 5.44. The number of piperidine rings is 1. The van der Waals surface area contributed by atoms with Crippen LogP contribution in [0.15, 0.2) is 24.3 Å². The Bertz CT molecular complexity index is 616. The van der Waals surface area contributed by atoms with Gasteiger partial charge in [-0.2, -0.15) is 0 Å². The third kappa shape index (κ3) is 5.85. The van der Waals surface area contributed by atoms with Crippen molar-refractivity contribution in [3.05, 3.63) is 35.4 Å². The fourth-order valence-corrected chi connectivity index (χ4v) is 6.08. The average Bonchev–Trinajstić information content (AvgIpc) is 3.25. The number of nitrogens with one attached hydrogen (secondary N) is 1. The maximum Gasteiger partial charge on any atom is 0.0477 e. The van der Waals surface area contributed by atoms with Crippen LogP contribution in [0.2, 0.25) is 0 Å². The molecule has 1 N–H and O–H groups in total. The number of hydrogen-bond donors (Lipinski definition) is 1. The van der Waals surface area contributed by atoms with Crippen LogP contribution in [0.25, 0.3) is 0 Å². The monoisotopic (exact) mass is 413 g/mol. The highest BCUT2D eigenvalue weighted by atomic mass is 16.5. The summed E-state index contributed by atoms with van der Waals surface area (Å²) in [5, 5.41) is 3.52. The van der Waals surface area contributed by atoms with E-state index in [1.165, 1.54) is 83.2 Å². The Morgan fingerprint density at radius 3 is 2.47 bits per heavy atom. The van der Waals surface area contributed by atoms with Gasteiger partial charge in [-0.1, -0.05) is 24.3 Å². The second-order valence-corrected chi connectivity index (χ2v) is 10.1. The minimum Gasteiger partial charge on any atom is -0.385 e. The highest BCUT2D eigenvalue weighted by Crippen LogP contribution is 2.42. The van der Waals surface area contributed by atoms with Crippen LogP contribution in [0, 0.1) is 11.8 Å². The van der Waals surface area contributed by atoms with Crippen molar-refractivity contribution in [1.29, 1.82) is 0 Å². The maximum atomic E-state index is 5.44. The fraction of sp³-hybridized carbons (Fsp3) is 0.769. The van der Waals surface area contributed by atoms with Crippen molar-refractivity contribution in [3.8, 4) is 0 Å². The summed E-state index contributed by atoms with van der Waals surface area (Å²) in [5.74, 6) is 2.46. The lowest BCUT2D eigenvalue weighted by Gasteiger charge is -2.43. The molecule has 3 fully saturated rings. The molecule has 4 nitrogen and oxygen atoms in total. The highest BCUT2D eigenvalue weighted by Gasteiger charge is 2.34. The molecule has 0 spiro atoms. The Balaban J connectivity index is 1.23. The highest BCUT2D eigenvalue weighted by molar-refractivity contribution is 5.27. The van der Waals surface area contributed by atoms with Crippen LogP contribution in [-0.4, -0.2) is 69.3 Å². The molecule has 1 aromatic carbocycles. The van der Waals surface area contributed by atoms with Crippen molar-refractivity contribution < 1.29 is 4.74 Å². The molecule has 0 radical (unpaired) electrons. The van der Waals surface area contributed by atoms with E-state index in [-0.39, 0.29) is 0 Å². The lowest BCUT2D eigenvalue weighted by molar-refractivity contribution is 0.0727.